The van der Waals surface area contributed by atoms with Gasteiger partial charge in [-0.2, -0.15) is 0 Å². The molecule has 1 aromatic carbocycles. The quantitative estimate of drug-likeness (QED) is 0.632. The van der Waals surface area contributed by atoms with E-state index in [2.05, 4.69) is 4.74 Å². The van der Waals surface area contributed by atoms with E-state index in [1.807, 2.05) is 0 Å². The predicted molar refractivity (Wildman–Crippen MR) is 67.9 cm³/mol. The van der Waals surface area contributed by atoms with Gasteiger partial charge in [-0.1, -0.05) is 29.3 Å². The summed E-state index contributed by atoms with van der Waals surface area (Å²) in [6, 6.07) is 4.49. The van der Waals surface area contributed by atoms with Crippen molar-refractivity contribution in [1.82, 2.24) is 0 Å². The van der Waals surface area contributed by atoms with Crippen LogP contribution in [0.2, 0.25) is 10.0 Å². The summed E-state index contributed by atoms with van der Waals surface area (Å²) in [7, 11) is 1.20. The van der Waals surface area contributed by atoms with Gasteiger partial charge < -0.3 is 9.47 Å². The van der Waals surface area contributed by atoms with Crippen LogP contribution in [0.15, 0.2) is 18.2 Å². The first kappa shape index (κ1) is 14.8. The minimum absolute atomic E-state index is 0.174. The maximum absolute atomic E-state index is 11.7. The van der Waals surface area contributed by atoms with E-state index in [1.54, 1.807) is 6.92 Å². The first-order chi connectivity index (χ1) is 8.51. The van der Waals surface area contributed by atoms with Crippen molar-refractivity contribution in [3.05, 3.63) is 33.8 Å². The molecule has 0 aliphatic rings. The summed E-state index contributed by atoms with van der Waals surface area (Å²) in [6.07, 6.45) is 0. The summed E-state index contributed by atoms with van der Waals surface area (Å²) in [6.45, 7) is 1.83. The minimum Gasteiger partial charge on any atom is -0.468 e. The summed E-state index contributed by atoms with van der Waals surface area (Å²) in [5, 5.41) is 0.597. The lowest BCUT2D eigenvalue weighted by Gasteiger charge is -2.14. The molecule has 0 bridgehead atoms. The first-order valence-electron chi connectivity index (χ1n) is 5.20. The Morgan fingerprint density at radius 1 is 1.22 bits per heavy atom. The molecule has 0 fully saturated rings. The van der Waals surface area contributed by atoms with Gasteiger partial charge in [-0.15, -0.1) is 0 Å². The third-order valence-electron chi connectivity index (χ3n) is 2.24. The van der Waals surface area contributed by atoms with Crippen molar-refractivity contribution in [3.63, 3.8) is 0 Å². The molecular weight excluding hydrogens is 279 g/mol. The smallest absolute Gasteiger partial charge is 0.324 e. The largest absolute Gasteiger partial charge is 0.468 e. The van der Waals surface area contributed by atoms with Crippen LogP contribution in [0.5, 0.6) is 0 Å². The zero-order valence-electron chi connectivity index (χ0n) is 9.91. The van der Waals surface area contributed by atoms with E-state index in [1.165, 1.54) is 25.3 Å². The second kappa shape index (κ2) is 6.61. The molecule has 1 rings (SSSR count). The lowest BCUT2D eigenvalue weighted by atomic mass is 9.99. The summed E-state index contributed by atoms with van der Waals surface area (Å²) >= 11 is 11.6. The van der Waals surface area contributed by atoms with Crippen molar-refractivity contribution in [3.8, 4) is 0 Å². The highest BCUT2D eigenvalue weighted by molar-refractivity contribution is 6.42. The lowest BCUT2D eigenvalue weighted by Crippen LogP contribution is -2.25. The van der Waals surface area contributed by atoms with Gasteiger partial charge in [0.05, 0.1) is 23.8 Å². The number of carbonyl (C=O) groups is 2. The molecule has 0 saturated carbocycles. The second-order valence-corrected chi connectivity index (χ2v) is 4.20. The molecule has 0 N–H and O–H groups in total. The number of hydrogen-bond donors (Lipinski definition) is 0. The van der Waals surface area contributed by atoms with Crippen LogP contribution in [0, 0.1) is 0 Å². The maximum atomic E-state index is 11.7. The predicted octanol–water partition coefficient (Wildman–Crippen LogP) is 2.81. The maximum Gasteiger partial charge on any atom is 0.324 e. The fraction of sp³-hybridized carbons (Fsp3) is 0.333. The third kappa shape index (κ3) is 3.37. The van der Waals surface area contributed by atoms with E-state index < -0.39 is 17.9 Å². The molecule has 0 amide bonds. The fourth-order valence-electron chi connectivity index (χ4n) is 1.40. The number of hydrogen-bond acceptors (Lipinski definition) is 4. The molecule has 1 unspecified atom stereocenters. The van der Waals surface area contributed by atoms with Crippen molar-refractivity contribution in [2.45, 2.75) is 12.8 Å². The molecule has 98 valence electrons. The van der Waals surface area contributed by atoms with E-state index in [9.17, 15) is 9.59 Å². The highest BCUT2D eigenvalue weighted by Crippen LogP contribution is 2.27. The van der Waals surface area contributed by atoms with Gasteiger partial charge >= 0.3 is 11.9 Å². The summed E-state index contributed by atoms with van der Waals surface area (Å²) in [5.41, 5.74) is 0.384. The average Bonchev–Trinajstić information content (AvgIpc) is 2.34. The van der Waals surface area contributed by atoms with Crippen LogP contribution in [0.1, 0.15) is 18.4 Å². The number of ether oxygens (including phenoxy) is 2. The van der Waals surface area contributed by atoms with Crippen LogP contribution in [0.3, 0.4) is 0 Å². The molecule has 0 radical (unpaired) electrons. The molecule has 0 saturated heterocycles. The topological polar surface area (TPSA) is 52.6 Å². The van der Waals surface area contributed by atoms with E-state index >= 15 is 0 Å². The second-order valence-electron chi connectivity index (χ2n) is 3.38. The highest BCUT2D eigenvalue weighted by atomic mass is 35.5. The monoisotopic (exact) mass is 290 g/mol. The van der Waals surface area contributed by atoms with Crippen molar-refractivity contribution < 1.29 is 19.1 Å². The Balaban J connectivity index is 3.13. The molecular formula is C12H12Cl2O4. The SMILES string of the molecule is CCOC(=O)C(C(=O)OC)c1ccc(Cl)c(Cl)c1. The normalized spacial score (nSPS) is 11.8. The van der Waals surface area contributed by atoms with Crippen LogP contribution in [0.4, 0.5) is 0 Å². The van der Waals surface area contributed by atoms with Crippen LogP contribution in [-0.4, -0.2) is 25.7 Å². The molecule has 0 aliphatic heterocycles. The standard InChI is InChI=1S/C12H12Cl2O4/c1-3-18-12(16)10(11(15)17-2)7-4-5-8(13)9(14)6-7/h4-6,10H,3H2,1-2H3. The van der Waals surface area contributed by atoms with Gasteiger partial charge in [0.25, 0.3) is 0 Å². The zero-order valence-corrected chi connectivity index (χ0v) is 11.4. The van der Waals surface area contributed by atoms with Crippen molar-refractivity contribution in [2.75, 3.05) is 13.7 Å². The highest BCUT2D eigenvalue weighted by Gasteiger charge is 2.31. The number of carbonyl (C=O) groups excluding carboxylic acids is 2. The summed E-state index contributed by atoms with van der Waals surface area (Å²) in [4.78, 5) is 23.4. The Labute approximate surface area is 115 Å². The first-order valence-corrected chi connectivity index (χ1v) is 5.96. The molecule has 0 aromatic heterocycles. The molecule has 1 aromatic rings. The number of halogens is 2. The fourth-order valence-corrected chi connectivity index (χ4v) is 1.71. The number of rotatable bonds is 4. The Morgan fingerprint density at radius 2 is 1.89 bits per heavy atom. The van der Waals surface area contributed by atoms with Crippen molar-refractivity contribution in [2.24, 2.45) is 0 Å². The van der Waals surface area contributed by atoms with Gasteiger partial charge in [0.1, 0.15) is 0 Å². The molecule has 0 heterocycles. The number of methoxy groups -OCH3 is 1. The van der Waals surface area contributed by atoms with E-state index in [0.717, 1.165) is 0 Å². The zero-order chi connectivity index (χ0) is 13.7. The van der Waals surface area contributed by atoms with Crippen LogP contribution >= 0.6 is 23.2 Å². The Hall–Kier alpha value is -1.26. The van der Waals surface area contributed by atoms with E-state index in [-0.39, 0.29) is 11.6 Å². The van der Waals surface area contributed by atoms with Gasteiger partial charge in [0, 0.05) is 0 Å². The Kier molecular flexibility index (Phi) is 5.44. The van der Waals surface area contributed by atoms with Gasteiger partial charge in [-0.3, -0.25) is 9.59 Å². The van der Waals surface area contributed by atoms with Gasteiger partial charge in [-0.05, 0) is 24.6 Å². The third-order valence-corrected chi connectivity index (χ3v) is 2.98. The lowest BCUT2D eigenvalue weighted by molar-refractivity contribution is -0.155. The molecule has 0 spiro atoms. The summed E-state index contributed by atoms with van der Waals surface area (Å²) in [5.74, 6) is -2.53. The van der Waals surface area contributed by atoms with Crippen LogP contribution in [0.25, 0.3) is 0 Å². The van der Waals surface area contributed by atoms with Crippen molar-refractivity contribution >= 4 is 35.1 Å². The number of esters is 2. The molecule has 6 heteroatoms. The molecule has 1 atom stereocenters. The van der Waals surface area contributed by atoms with Crippen LogP contribution < -0.4 is 0 Å². The minimum atomic E-state index is -1.15. The van der Waals surface area contributed by atoms with Gasteiger partial charge in [-0.25, -0.2) is 0 Å². The van der Waals surface area contributed by atoms with E-state index in [4.69, 9.17) is 27.9 Å². The number of benzene rings is 1. The van der Waals surface area contributed by atoms with Gasteiger partial charge in [0.2, 0.25) is 0 Å². The average molecular weight is 291 g/mol. The van der Waals surface area contributed by atoms with E-state index in [0.29, 0.717) is 10.6 Å². The molecule has 4 nitrogen and oxygen atoms in total. The Bertz CT molecular complexity index is 459. The van der Waals surface area contributed by atoms with Gasteiger partial charge in [0.15, 0.2) is 5.92 Å². The van der Waals surface area contributed by atoms with Crippen molar-refractivity contribution in [1.29, 1.82) is 0 Å². The summed E-state index contributed by atoms with van der Waals surface area (Å²) < 4.78 is 9.42. The molecule has 18 heavy (non-hydrogen) atoms. The molecule has 0 aliphatic carbocycles. The van der Waals surface area contributed by atoms with Crippen LogP contribution in [-0.2, 0) is 19.1 Å². The Morgan fingerprint density at radius 3 is 2.39 bits per heavy atom.